The van der Waals surface area contributed by atoms with Gasteiger partial charge in [-0.05, 0) is 30.0 Å². The van der Waals surface area contributed by atoms with Gasteiger partial charge in [0.05, 0.1) is 11.6 Å². The Hall–Kier alpha value is -1.55. The highest BCUT2D eigenvalue weighted by Crippen LogP contribution is 2.15. The first-order chi connectivity index (χ1) is 6.33. The molecule has 66 valence electrons. The van der Waals surface area contributed by atoms with Crippen molar-refractivity contribution in [2.45, 2.75) is 19.8 Å². The van der Waals surface area contributed by atoms with Gasteiger partial charge in [-0.1, -0.05) is 25.1 Å². The van der Waals surface area contributed by atoms with Gasteiger partial charge in [0.15, 0.2) is 0 Å². The minimum atomic E-state index is 0.793. The molecule has 1 rings (SSSR count). The van der Waals surface area contributed by atoms with Crippen LogP contribution in [-0.4, -0.2) is 0 Å². The molecular formula is C12H13N. The van der Waals surface area contributed by atoms with Crippen LogP contribution in [0, 0.1) is 11.3 Å². The van der Waals surface area contributed by atoms with Crippen molar-refractivity contribution in [1.82, 2.24) is 0 Å². The van der Waals surface area contributed by atoms with Crippen LogP contribution in [-0.2, 0) is 12.8 Å². The molecule has 1 aromatic carbocycles. The second-order valence-electron chi connectivity index (χ2n) is 2.90. The van der Waals surface area contributed by atoms with E-state index in [1.807, 2.05) is 18.2 Å². The van der Waals surface area contributed by atoms with Crippen LogP contribution in [0.1, 0.15) is 23.6 Å². The Kier molecular flexibility index (Phi) is 3.28. The molecule has 0 spiro atoms. The molecule has 0 aliphatic rings. The SMILES string of the molecule is C=CCc1cccc(C#N)c1CC. The first kappa shape index (κ1) is 9.54. The van der Waals surface area contributed by atoms with Crippen molar-refractivity contribution < 1.29 is 0 Å². The number of nitrogens with zero attached hydrogens (tertiary/aromatic N) is 1. The molecule has 0 heterocycles. The van der Waals surface area contributed by atoms with Gasteiger partial charge in [0.25, 0.3) is 0 Å². The summed E-state index contributed by atoms with van der Waals surface area (Å²) in [4.78, 5) is 0. The molecule has 0 N–H and O–H groups in total. The van der Waals surface area contributed by atoms with Gasteiger partial charge in [-0.25, -0.2) is 0 Å². The van der Waals surface area contributed by atoms with E-state index >= 15 is 0 Å². The molecule has 0 unspecified atom stereocenters. The van der Waals surface area contributed by atoms with Crippen LogP contribution in [0.25, 0.3) is 0 Å². The summed E-state index contributed by atoms with van der Waals surface area (Å²) in [6.45, 7) is 5.78. The maximum absolute atomic E-state index is 8.87. The molecule has 0 atom stereocenters. The summed E-state index contributed by atoms with van der Waals surface area (Å²) >= 11 is 0. The van der Waals surface area contributed by atoms with Crippen molar-refractivity contribution in [3.05, 3.63) is 47.5 Å². The van der Waals surface area contributed by atoms with E-state index in [0.29, 0.717) is 0 Å². The number of rotatable bonds is 3. The lowest BCUT2D eigenvalue weighted by molar-refractivity contribution is 1.07. The zero-order valence-electron chi connectivity index (χ0n) is 7.88. The fourth-order valence-corrected chi connectivity index (χ4v) is 1.50. The van der Waals surface area contributed by atoms with Crippen LogP contribution in [0.4, 0.5) is 0 Å². The first-order valence-corrected chi connectivity index (χ1v) is 4.45. The Bertz CT molecular complexity index is 345. The molecule has 1 heteroatoms. The number of hydrogen-bond acceptors (Lipinski definition) is 1. The normalized spacial score (nSPS) is 9.23. The van der Waals surface area contributed by atoms with Crippen molar-refractivity contribution in [3.63, 3.8) is 0 Å². The van der Waals surface area contributed by atoms with Gasteiger partial charge in [-0.3, -0.25) is 0 Å². The fourth-order valence-electron chi connectivity index (χ4n) is 1.50. The quantitative estimate of drug-likeness (QED) is 0.641. The maximum atomic E-state index is 8.87. The lowest BCUT2D eigenvalue weighted by Crippen LogP contribution is -1.94. The number of allylic oxidation sites excluding steroid dienone is 1. The topological polar surface area (TPSA) is 23.8 Å². The maximum Gasteiger partial charge on any atom is 0.0994 e. The van der Waals surface area contributed by atoms with Crippen LogP contribution in [0.5, 0.6) is 0 Å². The molecule has 0 aliphatic heterocycles. The molecule has 0 bridgehead atoms. The van der Waals surface area contributed by atoms with E-state index in [4.69, 9.17) is 5.26 Å². The zero-order chi connectivity index (χ0) is 9.68. The molecule has 0 saturated heterocycles. The predicted octanol–water partition coefficient (Wildman–Crippen LogP) is 2.85. The molecule has 0 aliphatic carbocycles. The van der Waals surface area contributed by atoms with Crippen LogP contribution in [0.15, 0.2) is 30.9 Å². The summed E-state index contributed by atoms with van der Waals surface area (Å²) in [5.41, 5.74) is 3.17. The third-order valence-corrected chi connectivity index (χ3v) is 2.11. The summed E-state index contributed by atoms with van der Waals surface area (Å²) in [5, 5.41) is 8.87. The average Bonchev–Trinajstić information content (AvgIpc) is 2.18. The highest BCUT2D eigenvalue weighted by atomic mass is 14.2. The van der Waals surface area contributed by atoms with Gasteiger partial charge in [-0.2, -0.15) is 5.26 Å². The predicted molar refractivity (Wildman–Crippen MR) is 54.4 cm³/mol. The van der Waals surface area contributed by atoms with Gasteiger partial charge in [0.1, 0.15) is 0 Å². The summed E-state index contributed by atoms with van der Waals surface area (Å²) in [6.07, 6.45) is 3.63. The molecule has 0 aromatic heterocycles. The molecule has 0 saturated carbocycles. The molecule has 1 aromatic rings. The summed E-state index contributed by atoms with van der Waals surface area (Å²) in [6, 6.07) is 8.06. The van der Waals surface area contributed by atoms with E-state index in [1.165, 1.54) is 5.56 Å². The third-order valence-electron chi connectivity index (χ3n) is 2.11. The van der Waals surface area contributed by atoms with Gasteiger partial charge in [-0.15, -0.1) is 6.58 Å². The smallest absolute Gasteiger partial charge is 0.0994 e. The van der Waals surface area contributed by atoms with E-state index in [1.54, 1.807) is 0 Å². The van der Waals surface area contributed by atoms with Gasteiger partial charge in [0.2, 0.25) is 0 Å². The lowest BCUT2D eigenvalue weighted by atomic mass is 9.97. The second-order valence-corrected chi connectivity index (χ2v) is 2.90. The fraction of sp³-hybridized carbons (Fsp3) is 0.250. The number of nitriles is 1. The highest BCUT2D eigenvalue weighted by Gasteiger charge is 2.03. The summed E-state index contributed by atoms with van der Waals surface area (Å²) < 4.78 is 0. The van der Waals surface area contributed by atoms with E-state index in [2.05, 4.69) is 25.6 Å². The lowest BCUT2D eigenvalue weighted by Gasteiger charge is -2.06. The second kappa shape index (κ2) is 4.47. The molecule has 0 radical (unpaired) electrons. The van der Waals surface area contributed by atoms with Crippen LogP contribution in [0.3, 0.4) is 0 Å². The number of benzene rings is 1. The van der Waals surface area contributed by atoms with Crippen LogP contribution in [0.2, 0.25) is 0 Å². The Morgan fingerprint density at radius 2 is 2.31 bits per heavy atom. The Labute approximate surface area is 79.3 Å². The van der Waals surface area contributed by atoms with Gasteiger partial charge in [0, 0.05) is 0 Å². The van der Waals surface area contributed by atoms with E-state index in [-0.39, 0.29) is 0 Å². The van der Waals surface area contributed by atoms with Crippen molar-refractivity contribution >= 4 is 0 Å². The molecule has 1 nitrogen and oxygen atoms in total. The Morgan fingerprint density at radius 1 is 1.54 bits per heavy atom. The third kappa shape index (κ3) is 1.97. The molecule has 13 heavy (non-hydrogen) atoms. The van der Waals surface area contributed by atoms with Gasteiger partial charge >= 0.3 is 0 Å². The van der Waals surface area contributed by atoms with Crippen LogP contribution >= 0.6 is 0 Å². The standard InChI is InChI=1S/C12H13N/c1-3-6-10-7-5-8-11(9-13)12(10)4-2/h3,5,7-8H,1,4,6H2,2H3. The van der Waals surface area contributed by atoms with Crippen LogP contribution < -0.4 is 0 Å². The van der Waals surface area contributed by atoms with E-state index in [0.717, 1.165) is 24.0 Å². The minimum absolute atomic E-state index is 0.793. The Morgan fingerprint density at radius 3 is 2.85 bits per heavy atom. The highest BCUT2D eigenvalue weighted by molar-refractivity contribution is 5.43. The molecule has 0 fully saturated rings. The van der Waals surface area contributed by atoms with E-state index < -0.39 is 0 Å². The minimum Gasteiger partial charge on any atom is -0.192 e. The number of hydrogen-bond donors (Lipinski definition) is 0. The van der Waals surface area contributed by atoms with Crippen molar-refractivity contribution in [2.75, 3.05) is 0 Å². The summed E-state index contributed by atoms with van der Waals surface area (Å²) in [5.74, 6) is 0. The largest absolute Gasteiger partial charge is 0.192 e. The Balaban J connectivity index is 3.20. The van der Waals surface area contributed by atoms with Crippen molar-refractivity contribution in [3.8, 4) is 6.07 Å². The van der Waals surface area contributed by atoms with Gasteiger partial charge < -0.3 is 0 Å². The average molecular weight is 171 g/mol. The van der Waals surface area contributed by atoms with E-state index in [9.17, 15) is 0 Å². The molecular weight excluding hydrogens is 158 g/mol. The monoisotopic (exact) mass is 171 g/mol. The van der Waals surface area contributed by atoms with Crippen molar-refractivity contribution in [2.24, 2.45) is 0 Å². The van der Waals surface area contributed by atoms with Crippen molar-refractivity contribution in [1.29, 1.82) is 5.26 Å². The first-order valence-electron chi connectivity index (χ1n) is 4.45. The zero-order valence-corrected chi connectivity index (χ0v) is 7.88. The molecule has 0 amide bonds. The summed E-state index contributed by atoms with van der Waals surface area (Å²) in [7, 11) is 0.